The van der Waals surface area contributed by atoms with Gasteiger partial charge in [-0.05, 0) is 0 Å². The van der Waals surface area contributed by atoms with Gasteiger partial charge in [0.1, 0.15) is 0 Å². The molecular weight excluding hydrogens is 258 g/mol. The molecule has 6 heteroatoms. The zero-order valence-electron chi connectivity index (χ0n) is 12.4. The second-order valence-electron chi connectivity index (χ2n) is 4.76. The van der Waals surface area contributed by atoms with Gasteiger partial charge in [0.05, 0.1) is 27.2 Å². The Morgan fingerprint density at radius 1 is 0.722 bits per heavy atom. The SMILES string of the molecule is COC(CC[N+](C)(C)CCC(OC)OC)OC.[Cl-]. The Labute approximate surface area is 117 Å². The van der Waals surface area contributed by atoms with E-state index in [0.29, 0.717) is 0 Å². The number of quaternary nitrogens is 1. The summed E-state index contributed by atoms with van der Waals surface area (Å²) in [6, 6.07) is 0. The topological polar surface area (TPSA) is 36.9 Å². The summed E-state index contributed by atoms with van der Waals surface area (Å²) in [5.74, 6) is 0. The van der Waals surface area contributed by atoms with Gasteiger partial charge in [0, 0.05) is 41.3 Å². The third-order valence-electron chi connectivity index (χ3n) is 2.99. The fourth-order valence-corrected chi connectivity index (χ4v) is 1.69. The molecule has 0 atom stereocenters. The summed E-state index contributed by atoms with van der Waals surface area (Å²) in [6.07, 6.45) is 1.52. The van der Waals surface area contributed by atoms with Crippen LogP contribution in [0.4, 0.5) is 0 Å². The van der Waals surface area contributed by atoms with Crippen molar-refractivity contribution in [3.8, 4) is 0 Å². The lowest BCUT2D eigenvalue weighted by Crippen LogP contribution is -3.00. The molecule has 0 bridgehead atoms. The third kappa shape index (κ3) is 9.08. The zero-order valence-corrected chi connectivity index (χ0v) is 13.2. The molecule has 0 fully saturated rings. The molecule has 0 saturated carbocycles. The summed E-state index contributed by atoms with van der Waals surface area (Å²) in [6.45, 7) is 1.99. The van der Waals surface area contributed by atoms with Gasteiger partial charge in [-0.2, -0.15) is 0 Å². The molecule has 0 aliphatic rings. The van der Waals surface area contributed by atoms with Crippen LogP contribution in [0.25, 0.3) is 0 Å². The molecule has 0 rings (SSSR count). The van der Waals surface area contributed by atoms with Crippen LogP contribution in [0, 0.1) is 0 Å². The standard InChI is InChI=1S/C12H28NO4.ClH/c1-13(2,9-7-11(14-3)15-4)10-8-12(16-5)17-6;/h11-12H,7-10H2,1-6H3;1H/q+1;/p-1. The number of hydrogen-bond acceptors (Lipinski definition) is 4. The molecule has 0 amide bonds. The average molecular weight is 286 g/mol. The van der Waals surface area contributed by atoms with Crippen molar-refractivity contribution in [1.82, 2.24) is 0 Å². The van der Waals surface area contributed by atoms with Crippen molar-refractivity contribution in [3.63, 3.8) is 0 Å². The Bertz CT molecular complexity index is 167. The predicted octanol–water partition coefficient (Wildman–Crippen LogP) is -1.92. The zero-order chi connectivity index (χ0) is 13.3. The van der Waals surface area contributed by atoms with Gasteiger partial charge in [-0.25, -0.2) is 0 Å². The van der Waals surface area contributed by atoms with E-state index in [0.717, 1.165) is 30.4 Å². The molecule has 5 nitrogen and oxygen atoms in total. The van der Waals surface area contributed by atoms with E-state index in [1.54, 1.807) is 28.4 Å². The van der Waals surface area contributed by atoms with Crippen LogP contribution in [0.1, 0.15) is 12.8 Å². The van der Waals surface area contributed by atoms with Crippen molar-refractivity contribution in [2.24, 2.45) is 0 Å². The number of methoxy groups -OCH3 is 4. The molecule has 0 aliphatic carbocycles. The molecule has 0 aliphatic heterocycles. The second-order valence-corrected chi connectivity index (χ2v) is 4.76. The summed E-state index contributed by atoms with van der Waals surface area (Å²) >= 11 is 0. The Hall–Kier alpha value is 0.0900. The lowest BCUT2D eigenvalue weighted by molar-refractivity contribution is -0.892. The van der Waals surface area contributed by atoms with Gasteiger partial charge in [0.25, 0.3) is 0 Å². The van der Waals surface area contributed by atoms with Crippen LogP contribution < -0.4 is 12.4 Å². The minimum absolute atomic E-state index is 0. The first-order valence-corrected chi connectivity index (χ1v) is 5.92. The molecule has 0 heterocycles. The van der Waals surface area contributed by atoms with E-state index in [4.69, 9.17) is 18.9 Å². The van der Waals surface area contributed by atoms with Gasteiger partial charge >= 0.3 is 0 Å². The normalized spacial score (nSPS) is 12.0. The van der Waals surface area contributed by atoms with Gasteiger partial charge in [-0.3, -0.25) is 0 Å². The van der Waals surface area contributed by atoms with Crippen LogP contribution in [0.3, 0.4) is 0 Å². The predicted molar refractivity (Wildman–Crippen MR) is 66.7 cm³/mol. The Morgan fingerprint density at radius 3 is 1.22 bits per heavy atom. The number of hydrogen-bond donors (Lipinski definition) is 0. The maximum absolute atomic E-state index is 5.18. The van der Waals surface area contributed by atoms with Crippen molar-refractivity contribution in [2.45, 2.75) is 25.4 Å². The minimum Gasteiger partial charge on any atom is -1.00 e. The molecular formula is C12H28ClNO4. The summed E-state index contributed by atoms with van der Waals surface area (Å²) in [4.78, 5) is 0. The number of nitrogens with zero attached hydrogens (tertiary/aromatic N) is 1. The molecule has 0 aromatic heterocycles. The molecule has 0 aromatic carbocycles. The summed E-state index contributed by atoms with van der Waals surface area (Å²) in [5, 5.41) is 0. The lowest BCUT2D eigenvalue weighted by atomic mass is 10.3. The Kier molecular flexibility index (Phi) is 12.4. The van der Waals surface area contributed by atoms with Crippen molar-refractivity contribution >= 4 is 0 Å². The third-order valence-corrected chi connectivity index (χ3v) is 2.99. The van der Waals surface area contributed by atoms with Crippen LogP contribution in [0.5, 0.6) is 0 Å². The average Bonchev–Trinajstić information content (AvgIpc) is 2.31. The fraction of sp³-hybridized carbons (Fsp3) is 1.00. The Balaban J connectivity index is 0. The van der Waals surface area contributed by atoms with Crippen molar-refractivity contribution in [3.05, 3.63) is 0 Å². The molecule has 18 heavy (non-hydrogen) atoms. The van der Waals surface area contributed by atoms with E-state index >= 15 is 0 Å². The summed E-state index contributed by atoms with van der Waals surface area (Å²) in [7, 11) is 11.0. The van der Waals surface area contributed by atoms with Crippen molar-refractivity contribution < 1.29 is 35.8 Å². The minimum atomic E-state index is -0.118. The highest BCUT2D eigenvalue weighted by Gasteiger charge is 2.20. The summed E-state index contributed by atoms with van der Waals surface area (Å²) in [5.41, 5.74) is 0. The van der Waals surface area contributed by atoms with Crippen molar-refractivity contribution in [1.29, 1.82) is 0 Å². The molecule has 0 unspecified atom stereocenters. The van der Waals surface area contributed by atoms with Crippen LogP contribution in [0.15, 0.2) is 0 Å². The largest absolute Gasteiger partial charge is 1.00 e. The van der Waals surface area contributed by atoms with Crippen molar-refractivity contribution in [2.75, 3.05) is 55.6 Å². The molecule has 0 N–H and O–H groups in total. The van der Waals surface area contributed by atoms with Gasteiger partial charge in [-0.1, -0.05) is 0 Å². The summed E-state index contributed by atoms with van der Waals surface area (Å²) < 4.78 is 21.6. The molecule has 112 valence electrons. The lowest BCUT2D eigenvalue weighted by Gasteiger charge is -2.32. The van der Waals surface area contributed by atoms with Crippen LogP contribution >= 0.6 is 0 Å². The first-order valence-electron chi connectivity index (χ1n) is 5.92. The van der Waals surface area contributed by atoms with Crippen LogP contribution in [-0.4, -0.2) is 72.7 Å². The van der Waals surface area contributed by atoms with Gasteiger partial charge in [-0.15, -0.1) is 0 Å². The molecule has 0 saturated heterocycles. The van der Waals surface area contributed by atoms with E-state index in [1.807, 2.05) is 0 Å². The maximum Gasteiger partial charge on any atom is 0.162 e. The smallest absolute Gasteiger partial charge is 0.162 e. The fourth-order valence-electron chi connectivity index (χ4n) is 1.69. The highest BCUT2D eigenvalue weighted by atomic mass is 35.5. The highest BCUT2D eigenvalue weighted by Crippen LogP contribution is 2.08. The highest BCUT2D eigenvalue weighted by molar-refractivity contribution is 4.47. The van der Waals surface area contributed by atoms with Gasteiger partial charge in [0.15, 0.2) is 12.6 Å². The number of rotatable bonds is 10. The molecule has 0 radical (unpaired) electrons. The number of halogens is 1. The Morgan fingerprint density at radius 2 is 1.00 bits per heavy atom. The molecule has 0 aromatic rings. The maximum atomic E-state index is 5.18. The monoisotopic (exact) mass is 285 g/mol. The van der Waals surface area contributed by atoms with Crippen LogP contribution in [0.2, 0.25) is 0 Å². The first kappa shape index (κ1) is 20.4. The van der Waals surface area contributed by atoms with Crippen LogP contribution in [-0.2, 0) is 18.9 Å². The van der Waals surface area contributed by atoms with E-state index in [9.17, 15) is 0 Å². The quantitative estimate of drug-likeness (QED) is 0.347. The van der Waals surface area contributed by atoms with E-state index in [-0.39, 0.29) is 25.0 Å². The second kappa shape index (κ2) is 11.0. The van der Waals surface area contributed by atoms with Gasteiger partial charge in [0.2, 0.25) is 0 Å². The van der Waals surface area contributed by atoms with Gasteiger partial charge < -0.3 is 35.8 Å². The first-order chi connectivity index (χ1) is 7.99. The van der Waals surface area contributed by atoms with E-state index in [2.05, 4.69) is 14.1 Å². The number of ether oxygens (including phenoxy) is 4. The molecule has 0 spiro atoms. The van der Waals surface area contributed by atoms with E-state index < -0.39 is 0 Å². The van der Waals surface area contributed by atoms with E-state index in [1.165, 1.54) is 0 Å².